The second-order valence-corrected chi connectivity index (χ2v) is 5.85. The second-order valence-electron chi connectivity index (χ2n) is 5.85. The summed E-state index contributed by atoms with van der Waals surface area (Å²) in [6.07, 6.45) is 1.23. The predicted octanol–water partition coefficient (Wildman–Crippen LogP) is 0.0309. The zero-order valence-electron chi connectivity index (χ0n) is 11.8. The first kappa shape index (κ1) is 15.1. The number of carbonyl (C=O) groups excluding carboxylic acids is 1. The van der Waals surface area contributed by atoms with Crippen molar-refractivity contribution in [2.24, 2.45) is 5.92 Å². The van der Waals surface area contributed by atoms with Gasteiger partial charge in [-0.25, -0.2) is 9.59 Å². The van der Waals surface area contributed by atoms with Crippen LogP contribution in [-0.4, -0.2) is 64.6 Å². The van der Waals surface area contributed by atoms with Crippen LogP contribution in [0.1, 0.15) is 26.7 Å². The molecule has 0 bridgehead atoms. The average molecular weight is 286 g/mol. The van der Waals surface area contributed by atoms with Crippen molar-refractivity contribution < 1.29 is 24.5 Å². The number of aliphatic hydroxyl groups is 1. The Morgan fingerprint density at radius 2 is 2.10 bits per heavy atom. The number of aliphatic carboxylic acids is 1. The lowest BCUT2D eigenvalue weighted by atomic mass is 9.96. The molecule has 0 aromatic rings. The van der Waals surface area contributed by atoms with E-state index in [1.807, 2.05) is 6.92 Å². The number of morpholine rings is 1. The summed E-state index contributed by atoms with van der Waals surface area (Å²) in [5.74, 6) is -1.01. The maximum atomic E-state index is 12.3. The van der Waals surface area contributed by atoms with Crippen molar-refractivity contribution in [1.29, 1.82) is 0 Å². The summed E-state index contributed by atoms with van der Waals surface area (Å²) in [4.78, 5) is 25.3. The molecule has 3 unspecified atom stereocenters. The lowest BCUT2D eigenvalue weighted by molar-refractivity contribution is -0.144. The van der Waals surface area contributed by atoms with Crippen LogP contribution in [0.3, 0.4) is 0 Å². The Morgan fingerprint density at radius 3 is 2.60 bits per heavy atom. The van der Waals surface area contributed by atoms with E-state index in [2.05, 4.69) is 5.32 Å². The van der Waals surface area contributed by atoms with E-state index in [4.69, 9.17) is 9.84 Å². The van der Waals surface area contributed by atoms with Crippen LogP contribution >= 0.6 is 0 Å². The van der Waals surface area contributed by atoms with Gasteiger partial charge in [0.2, 0.25) is 0 Å². The molecule has 2 rings (SSSR count). The molecule has 1 aliphatic heterocycles. The normalized spacial score (nSPS) is 29.6. The van der Waals surface area contributed by atoms with Gasteiger partial charge in [-0.05, 0) is 32.6 Å². The van der Waals surface area contributed by atoms with E-state index >= 15 is 0 Å². The molecular weight excluding hydrogens is 264 g/mol. The third-order valence-corrected chi connectivity index (χ3v) is 4.17. The number of urea groups is 1. The summed E-state index contributed by atoms with van der Waals surface area (Å²) in [6, 6.07) is -0.550. The molecule has 0 radical (unpaired) electrons. The molecule has 1 saturated heterocycles. The number of carboxylic acid groups (broad SMARTS) is 1. The van der Waals surface area contributed by atoms with Gasteiger partial charge in [0.15, 0.2) is 0 Å². The van der Waals surface area contributed by atoms with Crippen molar-refractivity contribution in [2.45, 2.75) is 44.4 Å². The van der Waals surface area contributed by atoms with E-state index in [1.165, 1.54) is 4.90 Å². The van der Waals surface area contributed by atoms with Gasteiger partial charge in [0, 0.05) is 0 Å². The Hall–Kier alpha value is -1.34. The van der Waals surface area contributed by atoms with Crippen LogP contribution in [0.25, 0.3) is 0 Å². The van der Waals surface area contributed by atoms with Crippen LogP contribution in [0, 0.1) is 5.92 Å². The molecule has 1 heterocycles. The third-order valence-electron chi connectivity index (χ3n) is 4.17. The largest absolute Gasteiger partial charge is 0.480 e. The fourth-order valence-corrected chi connectivity index (χ4v) is 2.50. The Balaban J connectivity index is 2.04. The highest BCUT2D eigenvalue weighted by molar-refractivity contribution is 5.86. The Bertz CT molecular complexity index is 398. The van der Waals surface area contributed by atoms with E-state index < -0.39 is 23.6 Å². The van der Waals surface area contributed by atoms with Gasteiger partial charge >= 0.3 is 12.0 Å². The molecule has 1 aliphatic carbocycles. The van der Waals surface area contributed by atoms with Crippen LogP contribution in [0.5, 0.6) is 0 Å². The summed E-state index contributed by atoms with van der Waals surface area (Å²) in [7, 11) is 0. The van der Waals surface area contributed by atoms with Crippen LogP contribution in [0.15, 0.2) is 0 Å². The first-order valence-corrected chi connectivity index (χ1v) is 6.93. The van der Waals surface area contributed by atoms with Crippen molar-refractivity contribution in [3.05, 3.63) is 0 Å². The molecule has 3 atom stereocenters. The number of nitrogens with one attached hydrogen (secondary N) is 1. The Labute approximate surface area is 117 Å². The number of nitrogens with zero attached hydrogens (tertiary/aromatic N) is 1. The highest BCUT2D eigenvalue weighted by Crippen LogP contribution is 2.39. The first-order chi connectivity index (χ1) is 9.38. The Kier molecular flexibility index (Phi) is 4.19. The molecule has 114 valence electrons. The van der Waals surface area contributed by atoms with Gasteiger partial charge in [0.1, 0.15) is 5.54 Å². The highest BCUT2D eigenvalue weighted by atomic mass is 16.5. The summed E-state index contributed by atoms with van der Waals surface area (Å²) in [6.45, 7) is 3.84. The van der Waals surface area contributed by atoms with Crippen LogP contribution in [-0.2, 0) is 9.53 Å². The topological polar surface area (TPSA) is 99.1 Å². The van der Waals surface area contributed by atoms with Crippen LogP contribution in [0.4, 0.5) is 4.79 Å². The van der Waals surface area contributed by atoms with Crippen molar-refractivity contribution in [3.8, 4) is 0 Å². The molecule has 3 N–H and O–H groups in total. The number of ether oxygens (including phenoxy) is 1. The lowest BCUT2D eigenvalue weighted by Gasteiger charge is -2.39. The highest BCUT2D eigenvalue weighted by Gasteiger charge is 2.49. The van der Waals surface area contributed by atoms with Gasteiger partial charge in [0.05, 0.1) is 31.9 Å². The molecule has 2 aliphatic rings. The number of amides is 2. The number of carboxylic acids is 1. The standard InChI is InChI=1S/C13H22N2O5/c1-8-7-20-10(6-16)5-15(8)12(19)14-13(2,11(17)18)9-3-4-9/h8-10,16H,3-7H2,1-2H3,(H,14,19)(H,17,18). The fourth-order valence-electron chi connectivity index (χ4n) is 2.50. The minimum atomic E-state index is -1.22. The maximum Gasteiger partial charge on any atom is 0.329 e. The van der Waals surface area contributed by atoms with Gasteiger partial charge in [-0.15, -0.1) is 0 Å². The summed E-state index contributed by atoms with van der Waals surface area (Å²) in [5.41, 5.74) is -1.22. The average Bonchev–Trinajstić information content (AvgIpc) is 3.23. The van der Waals surface area contributed by atoms with Crippen LogP contribution in [0.2, 0.25) is 0 Å². The van der Waals surface area contributed by atoms with E-state index in [1.54, 1.807) is 6.92 Å². The predicted molar refractivity (Wildman–Crippen MR) is 70.3 cm³/mol. The van der Waals surface area contributed by atoms with Gasteiger partial charge in [-0.1, -0.05) is 0 Å². The zero-order chi connectivity index (χ0) is 14.9. The molecule has 0 aromatic carbocycles. The molecule has 0 spiro atoms. The number of aliphatic hydroxyl groups excluding tert-OH is 1. The van der Waals surface area contributed by atoms with E-state index in [0.29, 0.717) is 6.61 Å². The first-order valence-electron chi connectivity index (χ1n) is 6.93. The van der Waals surface area contributed by atoms with Gasteiger partial charge in [-0.3, -0.25) is 0 Å². The molecule has 7 nitrogen and oxygen atoms in total. The smallest absolute Gasteiger partial charge is 0.329 e. The molecule has 20 heavy (non-hydrogen) atoms. The number of carbonyl (C=O) groups is 2. The van der Waals surface area contributed by atoms with Crippen molar-refractivity contribution in [2.75, 3.05) is 19.8 Å². The Morgan fingerprint density at radius 1 is 1.45 bits per heavy atom. The second kappa shape index (κ2) is 5.57. The molecule has 2 fully saturated rings. The zero-order valence-corrected chi connectivity index (χ0v) is 11.8. The third kappa shape index (κ3) is 2.88. The molecule has 2 amide bonds. The van der Waals surface area contributed by atoms with E-state index in [9.17, 15) is 14.7 Å². The lowest BCUT2D eigenvalue weighted by Crippen LogP contribution is -2.62. The monoisotopic (exact) mass is 286 g/mol. The van der Waals surface area contributed by atoms with Crippen molar-refractivity contribution >= 4 is 12.0 Å². The van der Waals surface area contributed by atoms with Gasteiger partial charge in [0.25, 0.3) is 0 Å². The molecule has 0 aromatic heterocycles. The summed E-state index contributed by atoms with van der Waals surface area (Å²) >= 11 is 0. The summed E-state index contributed by atoms with van der Waals surface area (Å²) in [5, 5.41) is 21.1. The van der Waals surface area contributed by atoms with Gasteiger partial charge < -0.3 is 25.2 Å². The molecule has 7 heteroatoms. The van der Waals surface area contributed by atoms with Gasteiger partial charge in [-0.2, -0.15) is 0 Å². The minimum absolute atomic E-state index is 0.00562. The fraction of sp³-hybridized carbons (Fsp3) is 0.846. The SMILES string of the molecule is CC1COC(CO)CN1C(=O)NC(C)(C(=O)O)C1CC1. The quantitative estimate of drug-likeness (QED) is 0.677. The number of rotatable bonds is 4. The molecular formula is C13H22N2O5. The maximum absolute atomic E-state index is 12.3. The number of hydrogen-bond donors (Lipinski definition) is 3. The van der Waals surface area contributed by atoms with E-state index in [0.717, 1.165) is 12.8 Å². The van der Waals surface area contributed by atoms with Crippen molar-refractivity contribution in [3.63, 3.8) is 0 Å². The molecule has 1 saturated carbocycles. The van der Waals surface area contributed by atoms with Crippen LogP contribution < -0.4 is 5.32 Å². The summed E-state index contributed by atoms with van der Waals surface area (Å²) < 4.78 is 5.37. The van der Waals surface area contributed by atoms with Crippen molar-refractivity contribution in [1.82, 2.24) is 10.2 Å². The minimum Gasteiger partial charge on any atom is -0.480 e. The van der Waals surface area contributed by atoms with E-state index in [-0.39, 0.29) is 25.1 Å². The number of hydrogen-bond acceptors (Lipinski definition) is 4.